The van der Waals surface area contributed by atoms with Gasteiger partial charge in [0.15, 0.2) is 0 Å². The predicted octanol–water partition coefficient (Wildman–Crippen LogP) is 5.67. The molecule has 1 nitrogen and oxygen atoms in total. The lowest BCUT2D eigenvalue weighted by atomic mass is 9.91. The van der Waals surface area contributed by atoms with Crippen LogP contribution in [0.3, 0.4) is 0 Å². The van der Waals surface area contributed by atoms with Crippen LogP contribution in [0.1, 0.15) is 16.7 Å². The fraction of sp³-hybridized carbons (Fsp3) is 0.182. The van der Waals surface area contributed by atoms with E-state index in [-0.39, 0.29) is 0 Å². The van der Waals surface area contributed by atoms with Gasteiger partial charge in [0.2, 0.25) is 0 Å². The number of nitrogens with zero attached hydrogens (tertiary/aromatic N) is 1. The molecule has 4 rings (SSSR count). The second-order valence-corrected chi connectivity index (χ2v) is 7.32. The van der Waals surface area contributed by atoms with Crippen molar-refractivity contribution in [2.24, 2.45) is 0 Å². The van der Waals surface area contributed by atoms with Crippen LogP contribution in [0.2, 0.25) is 0 Å². The van der Waals surface area contributed by atoms with Crippen LogP contribution in [0.25, 0.3) is 11.1 Å². The van der Waals surface area contributed by atoms with Crippen molar-refractivity contribution in [3.63, 3.8) is 0 Å². The maximum absolute atomic E-state index is 3.60. The van der Waals surface area contributed by atoms with E-state index in [1.165, 1.54) is 27.8 Å². The molecule has 1 aliphatic heterocycles. The maximum Gasteiger partial charge on any atom is 0.0246 e. The number of fused-ring (bicyclic) bond motifs is 1. The van der Waals surface area contributed by atoms with Crippen LogP contribution in [0.4, 0.5) is 0 Å². The van der Waals surface area contributed by atoms with Crippen LogP contribution < -0.4 is 0 Å². The van der Waals surface area contributed by atoms with E-state index in [4.69, 9.17) is 0 Å². The molecular formula is C22H20BrN. The highest BCUT2D eigenvalue weighted by molar-refractivity contribution is 9.10. The fourth-order valence-corrected chi connectivity index (χ4v) is 3.94. The first kappa shape index (κ1) is 15.6. The van der Waals surface area contributed by atoms with E-state index in [1.54, 1.807) is 0 Å². The Morgan fingerprint density at radius 3 is 2.54 bits per heavy atom. The van der Waals surface area contributed by atoms with Gasteiger partial charge in [-0.2, -0.15) is 0 Å². The molecule has 0 bridgehead atoms. The predicted molar refractivity (Wildman–Crippen MR) is 104 cm³/mol. The summed E-state index contributed by atoms with van der Waals surface area (Å²) in [4.78, 5) is 2.55. The number of benzene rings is 3. The largest absolute Gasteiger partial charge is 0.294 e. The van der Waals surface area contributed by atoms with E-state index in [2.05, 4.69) is 93.6 Å². The van der Waals surface area contributed by atoms with Gasteiger partial charge in [0, 0.05) is 24.1 Å². The van der Waals surface area contributed by atoms with Gasteiger partial charge < -0.3 is 0 Å². The van der Waals surface area contributed by atoms with Crippen LogP contribution >= 0.6 is 15.9 Å². The second kappa shape index (κ2) is 6.92. The molecule has 0 saturated heterocycles. The average Bonchev–Trinajstić information content (AvgIpc) is 2.62. The highest BCUT2D eigenvalue weighted by Crippen LogP contribution is 2.32. The summed E-state index contributed by atoms with van der Waals surface area (Å²) in [6.07, 6.45) is 1.13. The molecule has 1 heterocycles. The van der Waals surface area contributed by atoms with Crippen molar-refractivity contribution in [3.05, 3.63) is 94.0 Å². The summed E-state index contributed by atoms with van der Waals surface area (Å²) < 4.78 is 1.13. The zero-order valence-electron chi connectivity index (χ0n) is 13.6. The molecule has 2 heteroatoms. The molecule has 3 aromatic rings. The van der Waals surface area contributed by atoms with E-state index >= 15 is 0 Å². The van der Waals surface area contributed by atoms with Gasteiger partial charge in [-0.1, -0.05) is 76.6 Å². The number of halogens is 1. The molecular weight excluding hydrogens is 358 g/mol. The topological polar surface area (TPSA) is 3.24 Å². The number of hydrogen-bond acceptors (Lipinski definition) is 1. The molecule has 0 atom stereocenters. The van der Waals surface area contributed by atoms with Crippen LogP contribution in [0.15, 0.2) is 77.3 Å². The van der Waals surface area contributed by atoms with Crippen molar-refractivity contribution in [2.45, 2.75) is 19.5 Å². The second-order valence-electron chi connectivity index (χ2n) is 6.40. The van der Waals surface area contributed by atoms with Gasteiger partial charge in [-0.3, -0.25) is 4.90 Å². The summed E-state index contributed by atoms with van der Waals surface area (Å²) >= 11 is 3.60. The van der Waals surface area contributed by atoms with E-state index in [0.29, 0.717) is 0 Å². The normalized spacial score (nSPS) is 14.4. The molecule has 0 aliphatic carbocycles. The SMILES string of the molecule is Brc1cccc(-c2cccc3c2CN(Cc2ccccc2)CC3)c1. The quantitative estimate of drug-likeness (QED) is 0.567. The van der Waals surface area contributed by atoms with E-state index in [0.717, 1.165) is 30.5 Å². The number of hydrogen-bond donors (Lipinski definition) is 0. The fourth-order valence-electron chi connectivity index (χ4n) is 3.54. The summed E-state index contributed by atoms with van der Waals surface area (Å²) in [7, 11) is 0. The van der Waals surface area contributed by atoms with Gasteiger partial charge in [-0.15, -0.1) is 0 Å². The minimum Gasteiger partial charge on any atom is -0.294 e. The molecule has 1 aliphatic rings. The van der Waals surface area contributed by atoms with Gasteiger partial charge in [0.25, 0.3) is 0 Å². The minimum absolute atomic E-state index is 1.02. The van der Waals surface area contributed by atoms with Crippen molar-refractivity contribution in [1.29, 1.82) is 0 Å². The lowest BCUT2D eigenvalue weighted by Gasteiger charge is -2.30. The van der Waals surface area contributed by atoms with Crippen LogP contribution in [0, 0.1) is 0 Å². The third-order valence-electron chi connectivity index (χ3n) is 4.74. The molecule has 0 N–H and O–H groups in total. The Balaban J connectivity index is 1.65. The van der Waals surface area contributed by atoms with Gasteiger partial charge in [0.1, 0.15) is 0 Å². The Morgan fingerprint density at radius 1 is 0.875 bits per heavy atom. The molecule has 120 valence electrons. The maximum atomic E-state index is 3.60. The van der Waals surface area contributed by atoms with Gasteiger partial charge in [0.05, 0.1) is 0 Å². The molecule has 0 fully saturated rings. The molecule has 0 spiro atoms. The third-order valence-corrected chi connectivity index (χ3v) is 5.23. The Bertz CT molecular complexity index is 842. The smallest absolute Gasteiger partial charge is 0.0246 e. The van der Waals surface area contributed by atoms with Crippen molar-refractivity contribution in [3.8, 4) is 11.1 Å². The Kier molecular flexibility index (Phi) is 4.50. The zero-order valence-corrected chi connectivity index (χ0v) is 15.2. The number of rotatable bonds is 3. The summed E-state index contributed by atoms with van der Waals surface area (Å²) in [5.41, 5.74) is 7.03. The van der Waals surface area contributed by atoms with Gasteiger partial charge >= 0.3 is 0 Å². The summed E-state index contributed by atoms with van der Waals surface area (Å²) in [6.45, 7) is 3.17. The lowest BCUT2D eigenvalue weighted by molar-refractivity contribution is 0.246. The Hall–Kier alpha value is -1.90. The molecule has 0 saturated carbocycles. The third kappa shape index (κ3) is 3.31. The van der Waals surface area contributed by atoms with Crippen molar-refractivity contribution in [1.82, 2.24) is 4.90 Å². The lowest BCUT2D eigenvalue weighted by Crippen LogP contribution is -2.30. The van der Waals surface area contributed by atoms with E-state index < -0.39 is 0 Å². The molecule has 0 radical (unpaired) electrons. The first-order valence-electron chi connectivity index (χ1n) is 8.42. The molecule has 0 aromatic heterocycles. The van der Waals surface area contributed by atoms with E-state index in [9.17, 15) is 0 Å². The van der Waals surface area contributed by atoms with Crippen LogP contribution in [-0.2, 0) is 19.5 Å². The molecule has 3 aromatic carbocycles. The zero-order chi connectivity index (χ0) is 16.4. The first-order chi connectivity index (χ1) is 11.8. The Labute approximate surface area is 152 Å². The molecule has 24 heavy (non-hydrogen) atoms. The highest BCUT2D eigenvalue weighted by Gasteiger charge is 2.19. The van der Waals surface area contributed by atoms with Crippen molar-refractivity contribution in [2.75, 3.05) is 6.54 Å². The van der Waals surface area contributed by atoms with Crippen LogP contribution in [0.5, 0.6) is 0 Å². The van der Waals surface area contributed by atoms with Crippen molar-refractivity contribution >= 4 is 15.9 Å². The monoisotopic (exact) mass is 377 g/mol. The molecule has 0 unspecified atom stereocenters. The summed E-state index contributed by atoms with van der Waals surface area (Å²) in [6, 6.07) is 26.1. The van der Waals surface area contributed by atoms with Crippen molar-refractivity contribution < 1.29 is 0 Å². The Morgan fingerprint density at radius 2 is 1.71 bits per heavy atom. The van der Waals surface area contributed by atoms with Gasteiger partial charge in [-0.05, 0) is 46.4 Å². The minimum atomic E-state index is 1.02. The van der Waals surface area contributed by atoms with E-state index in [1.807, 2.05) is 0 Å². The summed E-state index contributed by atoms with van der Waals surface area (Å²) in [5, 5.41) is 0. The molecule has 0 amide bonds. The van der Waals surface area contributed by atoms with Gasteiger partial charge in [-0.25, -0.2) is 0 Å². The first-order valence-corrected chi connectivity index (χ1v) is 9.22. The van der Waals surface area contributed by atoms with Crippen LogP contribution in [-0.4, -0.2) is 11.4 Å². The standard InChI is InChI=1S/C22H20BrN/c23-20-10-4-9-19(14-20)21-11-5-8-18-12-13-24(16-22(18)21)15-17-6-2-1-3-7-17/h1-11,14H,12-13,15-16H2. The highest BCUT2D eigenvalue weighted by atomic mass is 79.9. The average molecular weight is 378 g/mol. The summed E-state index contributed by atoms with van der Waals surface area (Å²) in [5.74, 6) is 0.